The Morgan fingerprint density at radius 2 is 1.87 bits per heavy atom. The van der Waals surface area contributed by atoms with Gasteiger partial charge in [0, 0.05) is 5.56 Å². The molecule has 7 nitrogen and oxygen atoms in total. The maximum Gasteiger partial charge on any atom is 0.246 e. The lowest BCUT2D eigenvalue weighted by atomic mass is 10.1. The summed E-state index contributed by atoms with van der Waals surface area (Å²) in [6.45, 7) is 7.22. The summed E-state index contributed by atoms with van der Waals surface area (Å²) in [6.07, 6.45) is 0. The highest BCUT2D eigenvalue weighted by Crippen LogP contribution is 2.15. The number of nitrogens with zero attached hydrogens (tertiary/aromatic N) is 5. The van der Waals surface area contributed by atoms with Crippen molar-refractivity contribution in [2.24, 2.45) is 0 Å². The molecular formula is C16H21N5O2. The van der Waals surface area contributed by atoms with E-state index in [1.165, 1.54) is 10.4 Å². The summed E-state index contributed by atoms with van der Waals surface area (Å²) in [6, 6.07) is 8.02. The Morgan fingerprint density at radius 1 is 1.22 bits per heavy atom. The van der Waals surface area contributed by atoms with E-state index in [4.69, 9.17) is 4.74 Å². The zero-order valence-electron chi connectivity index (χ0n) is 13.6. The van der Waals surface area contributed by atoms with Crippen LogP contribution in [0.2, 0.25) is 0 Å². The van der Waals surface area contributed by atoms with E-state index in [9.17, 15) is 4.79 Å². The van der Waals surface area contributed by atoms with Crippen LogP contribution in [0.4, 0.5) is 0 Å². The highest BCUT2D eigenvalue weighted by Gasteiger charge is 2.30. The molecule has 1 aliphatic rings. The van der Waals surface area contributed by atoms with Crippen molar-refractivity contribution in [3.05, 3.63) is 29.8 Å². The smallest absolute Gasteiger partial charge is 0.246 e. The van der Waals surface area contributed by atoms with E-state index in [1.54, 1.807) is 0 Å². The molecule has 2 heterocycles. The number of benzene rings is 1. The molecule has 1 aromatic heterocycles. The van der Waals surface area contributed by atoms with Gasteiger partial charge in [0.2, 0.25) is 11.7 Å². The average Bonchev–Trinajstić information content (AvgIpc) is 2.96. The Labute approximate surface area is 135 Å². The predicted molar refractivity (Wildman–Crippen MR) is 84.6 cm³/mol. The van der Waals surface area contributed by atoms with Gasteiger partial charge in [-0.05, 0) is 26.0 Å². The first-order chi connectivity index (χ1) is 11.0. The van der Waals surface area contributed by atoms with Crippen molar-refractivity contribution >= 4 is 5.91 Å². The maximum atomic E-state index is 12.5. The van der Waals surface area contributed by atoms with Gasteiger partial charge in [-0.3, -0.25) is 4.79 Å². The standard InChI is InChI=1S/C16H21N5O2/c1-11-4-6-14(7-5-11)16-17-19-20(18-16)8-15(22)21-12(2)9-23-10-13(21)3/h4-7,12-13H,8-10H2,1-3H3. The zero-order chi connectivity index (χ0) is 16.4. The van der Waals surface area contributed by atoms with E-state index in [1.807, 2.05) is 49.9 Å². The van der Waals surface area contributed by atoms with E-state index in [0.29, 0.717) is 19.0 Å². The molecule has 2 unspecified atom stereocenters. The van der Waals surface area contributed by atoms with Crippen LogP contribution in [0.15, 0.2) is 24.3 Å². The summed E-state index contributed by atoms with van der Waals surface area (Å²) < 4.78 is 5.45. The van der Waals surface area contributed by atoms with Crippen LogP contribution in [0.25, 0.3) is 11.4 Å². The van der Waals surface area contributed by atoms with Gasteiger partial charge in [0.15, 0.2) is 0 Å². The molecule has 122 valence electrons. The molecule has 7 heteroatoms. The van der Waals surface area contributed by atoms with Crippen molar-refractivity contribution in [1.29, 1.82) is 0 Å². The van der Waals surface area contributed by atoms with E-state index >= 15 is 0 Å². The first-order valence-corrected chi connectivity index (χ1v) is 7.78. The topological polar surface area (TPSA) is 73.1 Å². The van der Waals surface area contributed by atoms with Gasteiger partial charge in [-0.1, -0.05) is 29.8 Å². The molecule has 0 spiro atoms. The Morgan fingerprint density at radius 3 is 2.52 bits per heavy atom. The number of aryl methyl sites for hydroxylation is 1. The lowest BCUT2D eigenvalue weighted by Crippen LogP contribution is -2.53. The van der Waals surface area contributed by atoms with Gasteiger partial charge in [-0.15, -0.1) is 10.2 Å². The van der Waals surface area contributed by atoms with Crippen LogP contribution in [-0.2, 0) is 16.1 Å². The monoisotopic (exact) mass is 315 g/mol. The zero-order valence-corrected chi connectivity index (χ0v) is 13.6. The second-order valence-corrected chi connectivity index (χ2v) is 6.05. The molecule has 1 aromatic carbocycles. The molecule has 0 aliphatic carbocycles. The number of rotatable bonds is 3. The molecule has 23 heavy (non-hydrogen) atoms. The summed E-state index contributed by atoms with van der Waals surface area (Å²) in [4.78, 5) is 15.7. The molecule has 3 rings (SSSR count). The predicted octanol–water partition coefficient (Wildman–Crippen LogP) is 1.28. The van der Waals surface area contributed by atoms with E-state index < -0.39 is 0 Å². The third kappa shape index (κ3) is 3.39. The molecule has 2 aromatic rings. The van der Waals surface area contributed by atoms with Crippen molar-refractivity contribution in [3.8, 4) is 11.4 Å². The van der Waals surface area contributed by atoms with Crippen LogP contribution in [0.5, 0.6) is 0 Å². The molecular weight excluding hydrogens is 294 g/mol. The minimum Gasteiger partial charge on any atom is -0.377 e. The SMILES string of the molecule is Cc1ccc(-c2nnn(CC(=O)N3C(C)COCC3C)n2)cc1. The summed E-state index contributed by atoms with van der Waals surface area (Å²) in [5.41, 5.74) is 2.06. The van der Waals surface area contributed by atoms with Crippen LogP contribution >= 0.6 is 0 Å². The third-order valence-corrected chi connectivity index (χ3v) is 4.00. The third-order valence-electron chi connectivity index (χ3n) is 4.00. The number of tetrazole rings is 1. The Hall–Kier alpha value is -2.28. The number of amides is 1. The molecule has 1 saturated heterocycles. The van der Waals surface area contributed by atoms with Crippen LogP contribution in [-0.4, -0.2) is 56.3 Å². The second kappa shape index (κ2) is 6.45. The number of ether oxygens (including phenoxy) is 1. The fraction of sp³-hybridized carbons (Fsp3) is 0.500. The molecule has 1 aliphatic heterocycles. The van der Waals surface area contributed by atoms with Gasteiger partial charge in [-0.25, -0.2) is 0 Å². The number of aromatic nitrogens is 4. The van der Waals surface area contributed by atoms with E-state index in [0.717, 1.165) is 5.56 Å². The van der Waals surface area contributed by atoms with Crippen LogP contribution < -0.4 is 0 Å². The fourth-order valence-corrected chi connectivity index (χ4v) is 2.83. The van der Waals surface area contributed by atoms with E-state index in [-0.39, 0.29) is 24.5 Å². The molecule has 1 amide bonds. The average molecular weight is 315 g/mol. The van der Waals surface area contributed by atoms with Crippen LogP contribution in [0.3, 0.4) is 0 Å². The molecule has 0 bridgehead atoms. The summed E-state index contributed by atoms with van der Waals surface area (Å²) in [7, 11) is 0. The maximum absolute atomic E-state index is 12.5. The van der Waals surface area contributed by atoms with Gasteiger partial charge in [-0.2, -0.15) is 4.80 Å². The second-order valence-electron chi connectivity index (χ2n) is 6.05. The van der Waals surface area contributed by atoms with E-state index in [2.05, 4.69) is 15.4 Å². The molecule has 0 radical (unpaired) electrons. The number of carbonyl (C=O) groups excluding carboxylic acids is 1. The summed E-state index contributed by atoms with van der Waals surface area (Å²) >= 11 is 0. The van der Waals surface area contributed by atoms with Gasteiger partial charge in [0.05, 0.1) is 25.3 Å². The van der Waals surface area contributed by atoms with Crippen LogP contribution in [0.1, 0.15) is 19.4 Å². The minimum atomic E-state index is -0.0128. The molecule has 1 fully saturated rings. The molecule has 0 N–H and O–H groups in total. The normalized spacial score (nSPS) is 21.4. The first-order valence-electron chi connectivity index (χ1n) is 7.78. The van der Waals surface area contributed by atoms with Crippen molar-refractivity contribution in [3.63, 3.8) is 0 Å². The summed E-state index contributed by atoms with van der Waals surface area (Å²) in [5.74, 6) is 0.516. The van der Waals surface area contributed by atoms with Crippen LogP contribution in [0, 0.1) is 6.92 Å². The highest BCUT2D eigenvalue weighted by molar-refractivity contribution is 5.76. The van der Waals surface area contributed by atoms with Crippen molar-refractivity contribution in [1.82, 2.24) is 25.1 Å². The van der Waals surface area contributed by atoms with Gasteiger partial charge >= 0.3 is 0 Å². The van der Waals surface area contributed by atoms with Crippen molar-refractivity contribution in [2.75, 3.05) is 13.2 Å². The molecule has 0 saturated carbocycles. The van der Waals surface area contributed by atoms with Crippen molar-refractivity contribution < 1.29 is 9.53 Å². The Balaban J connectivity index is 1.71. The van der Waals surface area contributed by atoms with Gasteiger partial charge in [0.1, 0.15) is 6.54 Å². The largest absolute Gasteiger partial charge is 0.377 e. The lowest BCUT2D eigenvalue weighted by molar-refractivity contribution is -0.145. The van der Waals surface area contributed by atoms with Gasteiger partial charge < -0.3 is 9.64 Å². The Bertz CT molecular complexity index is 672. The quantitative estimate of drug-likeness (QED) is 0.853. The lowest BCUT2D eigenvalue weighted by Gasteiger charge is -2.38. The number of hydrogen-bond acceptors (Lipinski definition) is 5. The Kier molecular flexibility index (Phi) is 4.38. The fourth-order valence-electron chi connectivity index (χ4n) is 2.83. The number of morpholine rings is 1. The van der Waals surface area contributed by atoms with Crippen molar-refractivity contribution in [2.45, 2.75) is 39.4 Å². The number of carbonyl (C=O) groups is 1. The first kappa shape index (κ1) is 15.6. The summed E-state index contributed by atoms with van der Waals surface area (Å²) in [5, 5.41) is 12.3. The molecule has 2 atom stereocenters. The number of hydrogen-bond donors (Lipinski definition) is 0. The van der Waals surface area contributed by atoms with Gasteiger partial charge in [0.25, 0.3) is 0 Å². The highest BCUT2D eigenvalue weighted by atomic mass is 16.5. The minimum absolute atomic E-state index is 0.0128.